The van der Waals surface area contributed by atoms with Crippen LogP contribution in [0.2, 0.25) is 0 Å². The molecule has 1 aromatic rings. The fourth-order valence-corrected chi connectivity index (χ4v) is 3.85. The molecule has 2 aliphatic rings. The molecule has 2 amide bonds. The van der Waals surface area contributed by atoms with Gasteiger partial charge in [-0.3, -0.25) is 14.9 Å². The van der Waals surface area contributed by atoms with Gasteiger partial charge in [-0.15, -0.1) is 3.89 Å². The van der Waals surface area contributed by atoms with E-state index in [0.29, 0.717) is 37.4 Å². The van der Waals surface area contributed by atoms with Gasteiger partial charge in [0.2, 0.25) is 11.8 Å². The lowest BCUT2D eigenvalue weighted by molar-refractivity contribution is -0.134. The first-order valence-electron chi connectivity index (χ1n) is 7.74. The number of nitrogens with one attached hydrogen (secondary N) is 2. The van der Waals surface area contributed by atoms with Gasteiger partial charge >= 0.3 is 10.2 Å². The summed E-state index contributed by atoms with van der Waals surface area (Å²) in [6.45, 7) is 2.50. The first kappa shape index (κ1) is 16.8. The molecular formula is C15H18FN3O4S. The second kappa shape index (κ2) is 6.48. The Morgan fingerprint density at radius 3 is 2.50 bits per heavy atom. The monoisotopic (exact) mass is 355 g/mol. The molecule has 130 valence electrons. The lowest BCUT2D eigenvalue weighted by Gasteiger charge is -2.31. The van der Waals surface area contributed by atoms with Crippen molar-refractivity contribution in [2.24, 2.45) is 0 Å². The van der Waals surface area contributed by atoms with E-state index in [2.05, 4.69) is 10.6 Å². The van der Waals surface area contributed by atoms with Gasteiger partial charge in [-0.2, -0.15) is 8.42 Å². The zero-order valence-corrected chi connectivity index (χ0v) is 13.7. The molecule has 0 spiro atoms. The Morgan fingerprint density at radius 2 is 1.88 bits per heavy atom. The van der Waals surface area contributed by atoms with Crippen molar-refractivity contribution in [3.05, 3.63) is 23.8 Å². The molecule has 3 rings (SSSR count). The number of halogens is 1. The minimum Gasteiger partial charge on any atom is -0.368 e. The number of imide groups is 1. The van der Waals surface area contributed by atoms with Crippen molar-refractivity contribution >= 4 is 27.7 Å². The van der Waals surface area contributed by atoms with Gasteiger partial charge in [-0.1, -0.05) is 6.07 Å². The maximum absolute atomic E-state index is 13.8. The predicted octanol–water partition coefficient (Wildman–Crippen LogP) is 0.275. The molecule has 0 aliphatic carbocycles. The first-order valence-corrected chi connectivity index (χ1v) is 9.12. The van der Waals surface area contributed by atoms with Crippen molar-refractivity contribution in [3.8, 4) is 0 Å². The van der Waals surface area contributed by atoms with Crippen LogP contribution in [0.1, 0.15) is 24.3 Å². The van der Waals surface area contributed by atoms with Crippen LogP contribution >= 0.6 is 0 Å². The van der Waals surface area contributed by atoms with Gasteiger partial charge in [-0.05, 0) is 24.1 Å². The van der Waals surface area contributed by atoms with E-state index >= 15 is 0 Å². The van der Waals surface area contributed by atoms with Crippen LogP contribution in [0.4, 0.5) is 9.57 Å². The van der Waals surface area contributed by atoms with Gasteiger partial charge < -0.3 is 10.2 Å². The van der Waals surface area contributed by atoms with E-state index < -0.39 is 26.9 Å². The maximum Gasteiger partial charge on any atom is 0.334 e. The molecule has 1 atom stereocenters. The fraction of sp³-hybridized carbons (Fsp3) is 0.467. The molecule has 2 N–H and O–H groups in total. The van der Waals surface area contributed by atoms with Crippen LogP contribution < -0.4 is 15.5 Å². The third-order valence-corrected chi connectivity index (χ3v) is 5.20. The number of piperazine rings is 1. The summed E-state index contributed by atoms with van der Waals surface area (Å²) < 4.78 is 37.0. The van der Waals surface area contributed by atoms with Crippen LogP contribution in [0.3, 0.4) is 0 Å². The number of piperidine rings is 1. The zero-order valence-electron chi connectivity index (χ0n) is 12.9. The summed E-state index contributed by atoms with van der Waals surface area (Å²) in [4.78, 5) is 24.6. The van der Waals surface area contributed by atoms with Crippen molar-refractivity contribution in [1.29, 1.82) is 0 Å². The molecule has 0 radical (unpaired) electrons. The molecule has 2 saturated heterocycles. The summed E-state index contributed by atoms with van der Waals surface area (Å²) in [5, 5.41) is 5.37. The number of carbonyl (C=O) groups is 2. The van der Waals surface area contributed by atoms with E-state index in [-0.39, 0.29) is 18.7 Å². The molecule has 9 heteroatoms. The number of hydrogen-bond acceptors (Lipinski definition) is 6. The van der Waals surface area contributed by atoms with Crippen molar-refractivity contribution in [2.75, 3.05) is 31.1 Å². The molecule has 2 heterocycles. The van der Waals surface area contributed by atoms with E-state index in [0.717, 1.165) is 0 Å². The average molecular weight is 355 g/mol. The number of rotatable bonds is 3. The molecule has 0 aromatic heterocycles. The van der Waals surface area contributed by atoms with E-state index in [4.69, 9.17) is 0 Å². The molecule has 0 bridgehead atoms. The molecule has 7 nitrogen and oxygen atoms in total. The SMILES string of the molecule is O=C1CCC(c2ccc(N3CCNCC3)c(S(=O)(=O)F)c2)C(=O)N1. The molecule has 1 unspecified atom stereocenters. The smallest absolute Gasteiger partial charge is 0.334 e. The number of benzene rings is 1. The third kappa shape index (κ3) is 3.41. The van der Waals surface area contributed by atoms with E-state index in [1.54, 1.807) is 11.0 Å². The average Bonchev–Trinajstić information content (AvgIpc) is 2.54. The van der Waals surface area contributed by atoms with E-state index in [1.165, 1.54) is 12.1 Å². The summed E-state index contributed by atoms with van der Waals surface area (Å²) in [6, 6.07) is 4.38. The van der Waals surface area contributed by atoms with Gasteiger partial charge in [0.25, 0.3) is 0 Å². The second-order valence-corrected chi connectivity index (χ2v) is 7.22. The molecule has 2 aliphatic heterocycles. The van der Waals surface area contributed by atoms with Crippen molar-refractivity contribution in [3.63, 3.8) is 0 Å². The molecule has 1 aromatic carbocycles. The van der Waals surface area contributed by atoms with Gasteiger partial charge in [0, 0.05) is 32.6 Å². The third-order valence-electron chi connectivity index (χ3n) is 4.35. The minimum absolute atomic E-state index is 0.174. The van der Waals surface area contributed by atoms with Gasteiger partial charge in [-0.25, -0.2) is 0 Å². The fourth-order valence-electron chi connectivity index (χ4n) is 3.12. The minimum atomic E-state index is -4.93. The number of carbonyl (C=O) groups excluding carboxylic acids is 2. The maximum atomic E-state index is 13.8. The van der Waals surface area contributed by atoms with Gasteiger partial charge in [0.05, 0.1) is 11.6 Å². The normalized spacial score (nSPS) is 22.4. The van der Waals surface area contributed by atoms with Crippen molar-refractivity contribution in [2.45, 2.75) is 23.7 Å². The Balaban J connectivity index is 1.98. The van der Waals surface area contributed by atoms with E-state index in [9.17, 15) is 21.9 Å². The summed E-state index contributed by atoms with van der Waals surface area (Å²) >= 11 is 0. The predicted molar refractivity (Wildman–Crippen MR) is 84.9 cm³/mol. The van der Waals surface area contributed by atoms with Crippen LogP contribution in [-0.4, -0.2) is 46.4 Å². The second-order valence-electron chi connectivity index (χ2n) is 5.91. The summed E-state index contributed by atoms with van der Waals surface area (Å²) in [5.74, 6) is -1.49. The highest BCUT2D eigenvalue weighted by Crippen LogP contribution is 2.33. The number of nitrogens with zero attached hydrogens (tertiary/aromatic N) is 1. The number of amides is 2. The summed E-state index contributed by atoms with van der Waals surface area (Å²) in [5.41, 5.74) is 0.699. The Labute approximate surface area is 139 Å². The molecular weight excluding hydrogens is 337 g/mol. The van der Waals surface area contributed by atoms with E-state index in [1.807, 2.05) is 0 Å². The van der Waals surface area contributed by atoms with Crippen molar-refractivity contribution in [1.82, 2.24) is 10.6 Å². The quantitative estimate of drug-likeness (QED) is 0.597. The van der Waals surface area contributed by atoms with Gasteiger partial charge in [0.1, 0.15) is 4.90 Å². The highest BCUT2D eigenvalue weighted by molar-refractivity contribution is 7.86. The largest absolute Gasteiger partial charge is 0.368 e. The summed E-state index contributed by atoms with van der Waals surface area (Å²) in [7, 11) is -4.93. The van der Waals surface area contributed by atoms with Crippen LogP contribution in [0, 0.1) is 0 Å². The first-order chi connectivity index (χ1) is 11.4. The Kier molecular flexibility index (Phi) is 4.55. The molecule has 2 fully saturated rings. The summed E-state index contributed by atoms with van der Waals surface area (Å²) in [6.07, 6.45) is 0.455. The van der Waals surface area contributed by atoms with Crippen LogP contribution in [0.15, 0.2) is 23.1 Å². The number of hydrogen-bond donors (Lipinski definition) is 2. The molecule has 24 heavy (non-hydrogen) atoms. The zero-order chi connectivity index (χ0) is 17.3. The standard InChI is InChI=1S/C15H18FN3O4S/c16-24(22,23)13-9-10(11-2-4-14(20)18-15(11)21)1-3-12(13)19-7-5-17-6-8-19/h1,3,9,11,17H,2,4-8H2,(H,18,20,21). The Bertz CT molecular complexity index is 775. The van der Waals surface area contributed by atoms with Gasteiger partial charge in [0.15, 0.2) is 0 Å². The lowest BCUT2D eigenvalue weighted by Crippen LogP contribution is -2.44. The molecule has 0 saturated carbocycles. The van der Waals surface area contributed by atoms with Crippen molar-refractivity contribution < 1.29 is 21.9 Å². The highest BCUT2D eigenvalue weighted by atomic mass is 32.3. The van der Waals surface area contributed by atoms with Crippen LogP contribution in [0.5, 0.6) is 0 Å². The Morgan fingerprint density at radius 1 is 1.17 bits per heavy atom. The van der Waals surface area contributed by atoms with Crippen LogP contribution in [-0.2, 0) is 19.8 Å². The number of anilines is 1. The highest BCUT2D eigenvalue weighted by Gasteiger charge is 2.30. The lowest BCUT2D eigenvalue weighted by atomic mass is 9.90. The Hall–Kier alpha value is -2.00. The van der Waals surface area contributed by atoms with Crippen LogP contribution in [0.25, 0.3) is 0 Å². The topological polar surface area (TPSA) is 95.6 Å².